The first-order chi connectivity index (χ1) is 14.6. The van der Waals surface area contributed by atoms with Crippen LogP contribution < -0.4 is 15.5 Å². The zero-order valence-corrected chi connectivity index (χ0v) is 16.7. The van der Waals surface area contributed by atoms with E-state index in [1.54, 1.807) is 24.3 Å². The second-order valence-corrected chi connectivity index (χ2v) is 6.76. The molecular weight excluding hydrogens is 385 g/mol. The molecule has 0 saturated carbocycles. The van der Waals surface area contributed by atoms with Crippen LogP contribution in [0.4, 0.5) is 10.1 Å². The summed E-state index contributed by atoms with van der Waals surface area (Å²) in [4.78, 5) is 11.8. The molecule has 0 saturated heterocycles. The van der Waals surface area contributed by atoms with Gasteiger partial charge in [0.25, 0.3) is 5.95 Å². The third-order valence-corrected chi connectivity index (χ3v) is 4.24. The van der Waals surface area contributed by atoms with Crippen molar-refractivity contribution < 1.29 is 18.3 Å². The third-order valence-electron chi connectivity index (χ3n) is 4.24. The van der Waals surface area contributed by atoms with Gasteiger partial charge in [-0.2, -0.15) is 5.10 Å². The van der Waals surface area contributed by atoms with Crippen molar-refractivity contribution in [2.24, 2.45) is 5.10 Å². The van der Waals surface area contributed by atoms with Gasteiger partial charge in [0, 0.05) is 24.7 Å². The Bertz CT molecular complexity index is 966. The minimum absolute atomic E-state index is 0.170. The van der Waals surface area contributed by atoms with Gasteiger partial charge in [0.05, 0.1) is 6.21 Å². The van der Waals surface area contributed by atoms with Gasteiger partial charge in [0.1, 0.15) is 12.4 Å². The number of rotatable bonds is 10. The zero-order chi connectivity index (χ0) is 21.2. The number of amides is 1. The number of halogens is 1. The lowest BCUT2D eigenvalue weighted by atomic mass is 10.2. The first-order valence-electron chi connectivity index (χ1n) is 9.68. The summed E-state index contributed by atoms with van der Waals surface area (Å²) in [7, 11) is 0. The van der Waals surface area contributed by atoms with E-state index >= 15 is 0 Å². The second-order valence-electron chi connectivity index (χ2n) is 6.76. The number of hydrogen-bond donors (Lipinski definition) is 2. The molecule has 3 aromatic rings. The highest BCUT2D eigenvalue weighted by molar-refractivity contribution is 5.80. The van der Waals surface area contributed by atoms with Crippen molar-refractivity contribution in [3.8, 4) is 5.95 Å². The Balaban J connectivity index is 1.33. The first-order valence-corrected chi connectivity index (χ1v) is 9.68. The molecule has 0 aliphatic carbocycles. The molecule has 0 aliphatic rings. The summed E-state index contributed by atoms with van der Waals surface area (Å²) in [6, 6.07) is 17.5. The Morgan fingerprint density at radius 3 is 2.63 bits per heavy atom. The Morgan fingerprint density at radius 2 is 1.87 bits per heavy atom. The minimum Gasteiger partial charge on any atom is -0.460 e. The number of nitrogens with one attached hydrogen (secondary N) is 2. The monoisotopic (exact) mass is 409 g/mol. The van der Waals surface area contributed by atoms with Crippen molar-refractivity contribution >= 4 is 17.8 Å². The summed E-state index contributed by atoms with van der Waals surface area (Å²) < 4.78 is 23.9. The summed E-state index contributed by atoms with van der Waals surface area (Å²) in [6.45, 7) is 3.00. The van der Waals surface area contributed by atoms with Gasteiger partial charge in [-0.15, -0.1) is 0 Å². The highest BCUT2D eigenvalue weighted by atomic mass is 19.1. The van der Waals surface area contributed by atoms with Crippen LogP contribution >= 0.6 is 0 Å². The van der Waals surface area contributed by atoms with Crippen LogP contribution in [0.1, 0.15) is 29.7 Å². The molecule has 1 amide bonds. The van der Waals surface area contributed by atoms with Crippen molar-refractivity contribution in [3.63, 3.8) is 0 Å². The van der Waals surface area contributed by atoms with Crippen molar-refractivity contribution in [1.29, 1.82) is 0 Å². The molecule has 0 atom stereocenters. The quantitative estimate of drug-likeness (QED) is 0.290. The van der Waals surface area contributed by atoms with Gasteiger partial charge in [-0.1, -0.05) is 29.8 Å². The number of carbonyl (C=O) groups excluding carboxylic acids is 1. The Kier molecular flexibility index (Phi) is 7.60. The van der Waals surface area contributed by atoms with E-state index in [1.165, 1.54) is 23.9 Å². The van der Waals surface area contributed by atoms with E-state index in [-0.39, 0.29) is 18.3 Å². The van der Waals surface area contributed by atoms with Crippen LogP contribution in [0.5, 0.6) is 5.95 Å². The SMILES string of the molecule is Cc1ccc(NCCCC(=O)N/N=C/c2ccc(OCc3ccc(F)cc3)o2)cc1. The number of benzene rings is 2. The minimum atomic E-state index is -0.292. The predicted octanol–water partition coefficient (Wildman–Crippen LogP) is 4.65. The Hall–Kier alpha value is -3.61. The van der Waals surface area contributed by atoms with Crippen LogP contribution in [0.25, 0.3) is 0 Å². The van der Waals surface area contributed by atoms with E-state index in [1.807, 2.05) is 31.2 Å². The Labute approximate surface area is 174 Å². The van der Waals surface area contributed by atoms with Crippen molar-refractivity contribution in [2.45, 2.75) is 26.4 Å². The van der Waals surface area contributed by atoms with Crippen LogP contribution in [-0.4, -0.2) is 18.7 Å². The summed E-state index contributed by atoms with van der Waals surface area (Å²) in [5.41, 5.74) is 5.55. The lowest BCUT2D eigenvalue weighted by Gasteiger charge is -2.06. The molecule has 0 fully saturated rings. The average Bonchev–Trinajstić information content (AvgIpc) is 3.20. The van der Waals surface area contributed by atoms with E-state index in [0.717, 1.165) is 11.3 Å². The van der Waals surface area contributed by atoms with E-state index in [0.29, 0.717) is 31.1 Å². The molecule has 0 spiro atoms. The highest BCUT2D eigenvalue weighted by Gasteiger charge is 2.03. The molecule has 0 bridgehead atoms. The van der Waals surface area contributed by atoms with Crippen molar-refractivity contribution in [3.05, 3.63) is 83.4 Å². The topological polar surface area (TPSA) is 75.9 Å². The van der Waals surface area contributed by atoms with Gasteiger partial charge in [0.15, 0.2) is 5.76 Å². The molecule has 2 N–H and O–H groups in total. The zero-order valence-electron chi connectivity index (χ0n) is 16.7. The molecule has 0 unspecified atom stereocenters. The molecule has 156 valence electrons. The molecule has 7 heteroatoms. The van der Waals surface area contributed by atoms with E-state index in [9.17, 15) is 9.18 Å². The van der Waals surface area contributed by atoms with Gasteiger partial charge >= 0.3 is 0 Å². The number of furan rings is 1. The maximum absolute atomic E-state index is 12.9. The van der Waals surface area contributed by atoms with E-state index in [2.05, 4.69) is 15.8 Å². The summed E-state index contributed by atoms with van der Waals surface area (Å²) in [5, 5.41) is 7.17. The summed E-state index contributed by atoms with van der Waals surface area (Å²) in [5.74, 6) is 0.302. The molecule has 30 heavy (non-hydrogen) atoms. The third kappa shape index (κ3) is 7.09. The fraction of sp³-hybridized carbons (Fsp3) is 0.217. The molecule has 1 aromatic heterocycles. The summed E-state index contributed by atoms with van der Waals surface area (Å²) in [6.07, 6.45) is 2.46. The number of aryl methyl sites for hydroxylation is 1. The maximum atomic E-state index is 12.9. The van der Waals surface area contributed by atoms with Gasteiger partial charge in [-0.25, -0.2) is 9.82 Å². The maximum Gasteiger partial charge on any atom is 0.285 e. The highest BCUT2D eigenvalue weighted by Crippen LogP contribution is 2.16. The standard InChI is InChI=1S/C23H24FN3O3/c1-17-4-10-20(11-5-17)25-14-2-3-22(28)27-26-15-21-12-13-23(30-21)29-16-18-6-8-19(24)9-7-18/h4-13,15,25H,2-3,14,16H2,1H3,(H,27,28)/b26-15+. The molecule has 2 aromatic carbocycles. The fourth-order valence-corrected chi connectivity index (χ4v) is 2.59. The molecule has 0 aliphatic heterocycles. The van der Waals surface area contributed by atoms with E-state index < -0.39 is 0 Å². The normalized spacial score (nSPS) is 10.9. The van der Waals surface area contributed by atoms with Gasteiger partial charge in [-0.3, -0.25) is 4.79 Å². The average molecular weight is 409 g/mol. The number of ether oxygens (including phenoxy) is 1. The first kappa shape index (κ1) is 21.1. The van der Waals surface area contributed by atoms with Gasteiger partial charge in [0.2, 0.25) is 5.91 Å². The van der Waals surface area contributed by atoms with E-state index in [4.69, 9.17) is 9.15 Å². The molecule has 1 heterocycles. The van der Waals surface area contributed by atoms with Gasteiger partial charge in [-0.05, 0) is 49.2 Å². The number of hydrogen-bond acceptors (Lipinski definition) is 5. The lowest BCUT2D eigenvalue weighted by Crippen LogP contribution is -2.18. The fourth-order valence-electron chi connectivity index (χ4n) is 2.59. The van der Waals surface area contributed by atoms with Crippen LogP contribution in [0.3, 0.4) is 0 Å². The van der Waals surface area contributed by atoms with Gasteiger partial charge < -0.3 is 14.5 Å². The molecule has 3 rings (SSSR count). The largest absolute Gasteiger partial charge is 0.460 e. The van der Waals surface area contributed by atoms with Crippen molar-refractivity contribution in [1.82, 2.24) is 5.43 Å². The smallest absolute Gasteiger partial charge is 0.285 e. The van der Waals surface area contributed by atoms with Crippen LogP contribution in [0.15, 0.2) is 70.2 Å². The van der Waals surface area contributed by atoms with Crippen LogP contribution in [0, 0.1) is 12.7 Å². The molecule has 6 nitrogen and oxygen atoms in total. The Morgan fingerprint density at radius 1 is 1.10 bits per heavy atom. The number of nitrogens with zero attached hydrogens (tertiary/aromatic N) is 1. The molecular formula is C23H24FN3O3. The lowest BCUT2D eigenvalue weighted by molar-refractivity contribution is -0.121. The summed E-state index contributed by atoms with van der Waals surface area (Å²) >= 11 is 0. The van der Waals surface area contributed by atoms with Crippen LogP contribution in [-0.2, 0) is 11.4 Å². The van der Waals surface area contributed by atoms with Crippen molar-refractivity contribution in [2.75, 3.05) is 11.9 Å². The number of anilines is 1. The predicted molar refractivity (Wildman–Crippen MR) is 114 cm³/mol. The number of hydrazone groups is 1. The van der Waals surface area contributed by atoms with Crippen LogP contribution in [0.2, 0.25) is 0 Å². The molecule has 0 radical (unpaired) electrons. The number of carbonyl (C=O) groups is 1. The second kappa shape index (κ2) is 10.8.